The molecule has 2 N–H and O–H groups in total. The largest absolute Gasteiger partial charge is 0.493 e. The first-order chi connectivity index (χ1) is 17.8. The van der Waals surface area contributed by atoms with Crippen molar-refractivity contribution in [3.05, 3.63) is 35.0 Å². The van der Waals surface area contributed by atoms with Crippen molar-refractivity contribution < 1.29 is 28.6 Å². The summed E-state index contributed by atoms with van der Waals surface area (Å²) in [7, 11) is 3.06. The predicted octanol–water partition coefficient (Wildman–Crippen LogP) is 2.34. The van der Waals surface area contributed by atoms with Crippen LogP contribution in [0.1, 0.15) is 39.3 Å². The highest BCUT2D eigenvalue weighted by Crippen LogP contribution is 2.40. The number of hydrogen-bond donors (Lipinski definition) is 2. The maximum Gasteiger partial charge on any atom is 0.338 e. The molecule has 1 aromatic carbocycles. The van der Waals surface area contributed by atoms with Gasteiger partial charge in [-0.15, -0.1) is 0 Å². The third kappa shape index (κ3) is 5.93. The van der Waals surface area contributed by atoms with E-state index in [0.29, 0.717) is 67.6 Å². The number of hydrogen-bond acceptors (Lipinski definition) is 7. The fourth-order valence-corrected chi connectivity index (χ4v) is 4.97. The van der Waals surface area contributed by atoms with E-state index in [2.05, 4.69) is 15.5 Å². The molecule has 1 fully saturated rings. The molecule has 11 nitrogen and oxygen atoms in total. The van der Waals surface area contributed by atoms with Crippen molar-refractivity contribution in [2.75, 3.05) is 60.1 Å². The summed E-state index contributed by atoms with van der Waals surface area (Å²) in [5.74, 6) is 0.428. The molecule has 0 radical (unpaired) electrons. The first-order valence-corrected chi connectivity index (χ1v) is 12.8. The number of nitrogens with one attached hydrogen (secondary N) is 2. The number of carbonyl (C=O) groups excluding carboxylic acids is 3. The SMILES string of the molecule is CCNC(=O)N1CCN(CC2=C(C(=O)OCC)[C@@H](c3cccc(OC)c3OC)NC(=O)N2CC)C[C@H]1C. The Morgan fingerprint density at radius 2 is 1.89 bits per heavy atom. The number of para-hydroxylation sites is 1. The van der Waals surface area contributed by atoms with E-state index in [4.69, 9.17) is 14.2 Å². The van der Waals surface area contributed by atoms with Gasteiger partial charge in [-0.2, -0.15) is 0 Å². The van der Waals surface area contributed by atoms with Crippen molar-refractivity contribution >= 4 is 18.0 Å². The Morgan fingerprint density at radius 3 is 2.49 bits per heavy atom. The molecule has 0 aliphatic carbocycles. The van der Waals surface area contributed by atoms with Crippen molar-refractivity contribution in [2.24, 2.45) is 0 Å². The minimum absolute atomic E-state index is 0.0336. The number of piperazine rings is 1. The van der Waals surface area contributed by atoms with Crippen LogP contribution in [0.4, 0.5) is 9.59 Å². The van der Waals surface area contributed by atoms with Crippen LogP contribution in [-0.4, -0.2) is 98.9 Å². The number of methoxy groups -OCH3 is 2. The summed E-state index contributed by atoms with van der Waals surface area (Å²) < 4.78 is 16.6. The van der Waals surface area contributed by atoms with Crippen molar-refractivity contribution in [1.82, 2.24) is 25.3 Å². The van der Waals surface area contributed by atoms with Gasteiger partial charge in [-0.3, -0.25) is 9.80 Å². The second kappa shape index (κ2) is 12.7. The molecule has 0 unspecified atom stereocenters. The van der Waals surface area contributed by atoms with Gasteiger partial charge in [-0.1, -0.05) is 12.1 Å². The molecule has 2 aliphatic rings. The van der Waals surface area contributed by atoms with Crippen LogP contribution < -0.4 is 20.1 Å². The number of ether oxygens (including phenoxy) is 3. The van der Waals surface area contributed by atoms with Gasteiger partial charge in [0.05, 0.1) is 32.4 Å². The highest BCUT2D eigenvalue weighted by atomic mass is 16.5. The number of rotatable bonds is 9. The van der Waals surface area contributed by atoms with Crippen molar-refractivity contribution in [3.8, 4) is 11.5 Å². The van der Waals surface area contributed by atoms with Gasteiger partial charge in [-0.05, 0) is 33.8 Å². The van der Waals surface area contributed by atoms with E-state index in [0.717, 1.165) is 0 Å². The number of urea groups is 2. The second-order valence-corrected chi connectivity index (χ2v) is 8.90. The van der Waals surface area contributed by atoms with Crippen LogP contribution in [-0.2, 0) is 9.53 Å². The number of likely N-dealkylation sites (N-methyl/N-ethyl adjacent to an activating group) is 1. The summed E-state index contributed by atoms with van der Waals surface area (Å²) >= 11 is 0. The minimum atomic E-state index is -0.788. The van der Waals surface area contributed by atoms with Gasteiger partial charge < -0.3 is 29.7 Å². The molecule has 0 aromatic heterocycles. The Bertz CT molecular complexity index is 1030. The standard InChI is InChI=1S/C26H39N5O6/c1-7-27-25(33)31-14-13-29(15-17(31)4)16-19-21(24(32)37-9-3)22(28-26(34)30(19)8-2)18-11-10-12-20(35-5)23(18)36-6/h10-12,17,22H,7-9,13-16H2,1-6H3,(H,27,33)(H,28,34)/t17-,22-/m1/s1. The molecule has 1 aromatic rings. The van der Waals surface area contributed by atoms with E-state index in [-0.39, 0.29) is 24.7 Å². The van der Waals surface area contributed by atoms with Crippen LogP contribution in [0.5, 0.6) is 11.5 Å². The normalized spacial score (nSPS) is 20.4. The monoisotopic (exact) mass is 517 g/mol. The third-order valence-corrected chi connectivity index (χ3v) is 6.67. The number of benzene rings is 1. The Hall–Kier alpha value is -3.47. The van der Waals surface area contributed by atoms with Gasteiger partial charge in [0.2, 0.25) is 0 Å². The summed E-state index contributed by atoms with van der Waals surface area (Å²) in [5.41, 5.74) is 1.54. The highest BCUT2D eigenvalue weighted by molar-refractivity contribution is 5.95. The summed E-state index contributed by atoms with van der Waals surface area (Å²) in [6.07, 6.45) is 0. The summed E-state index contributed by atoms with van der Waals surface area (Å²) in [5, 5.41) is 5.83. The van der Waals surface area contributed by atoms with Gasteiger partial charge in [0.25, 0.3) is 0 Å². The quantitative estimate of drug-likeness (QED) is 0.484. The third-order valence-electron chi connectivity index (χ3n) is 6.67. The average molecular weight is 518 g/mol. The molecular formula is C26H39N5O6. The molecule has 0 bridgehead atoms. The van der Waals surface area contributed by atoms with E-state index < -0.39 is 12.0 Å². The Kier molecular flexibility index (Phi) is 9.62. The molecule has 37 heavy (non-hydrogen) atoms. The predicted molar refractivity (Wildman–Crippen MR) is 139 cm³/mol. The van der Waals surface area contributed by atoms with E-state index in [1.807, 2.05) is 25.7 Å². The molecule has 2 atom stereocenters. The topological polar surface area (TPSA) is 113 Å². The zero-order valence-electron chi connectivity index (χ0n) is 22.6. The summed E-state index contributed by atoms with van der Waals surface area (Å²) in [6, 6.07) is 4.14. The number of amides is 4. The van der Waals surface area contributed by atoms with Crippen molar-refractivity contribution in [1.29, 1.82) is 0 Å². The Morgan fingerprint density at radius 1 is 1.14 bits per heavy atom. The van der Waals surface area contributed by atoms with Crippen LogP contribution >= 0.6 is 0 Å². The molecule has 1 saturated heterocycles. The summed E-state index contributed by atoms with van der Waals surface area (Å²) in [6.45, 7) is 10.7. The van der Waals surface area contributed by atoms with Crippen LogP contribution in [0.3, 0.4) is 0 Å². The Balaban J connectivity index is 2.05. The molecular weight excluding hydrogens is 478 g/mol. The summed E-state index contributed by atoms with van der Waals surface area (Å²) in [4.78, 5) is 44.7. The zero-order valence-corrected chi connectivity index (χ0v) is 22.6. The lowest BCUT2D eigenvalue weighted by atomic mass is 9.93. The lowest BCUT2D eigenvalue weighted by Crippen LogP contribution is -2.58. The maximum atomic E-state index is 13.4. The first-order valence-electron chi connectivity index (χ1n) is 12.8. The van der Waals surface area contributed by atoms with Crippen LogP contribution in [0, 0.1) is 0 Å². The Labute approximate surface area is 218 Å². The van der Waals surface area contributed by atoms with Crippen molar-refractivity contribution in [3.63, 3.8) is 0 Å². The molecule has 0 spiro atoms. The molecule has 2 heterocycles. The molecule has 11 heteroatoms. The lowest BCUT2D eigenvalue weighted by Gasteiger charge is -2.42. The molecule has 204 valence electrons. The molecule has 0 saturated carbocycles. The van der Waals surface area contributed by atoms with E-state index in [1.54, 1.807) is 30.0 Å². The first kappa shape index (κ1) is 28.1. The van der Waals surface area contributed by atoms with E-state index >= 15 is 0 Å². The van der Waals surface area contributed by atoms with Gasteiger partial charge in [0.15, 0.2) is 11.5 Å². The number of esters is 1. The molecule has 3 rings (SSSR count). The smallest absolute Gasteiger partial charge is 0.338 e. The zero-order chi connectivity index (χ0) is 27.1. The van der Waals surface area contributed by atoms with E-state index in [9.17, 15) is 14.4 Å². The molecule has 4 amide bonds. The highest BCUT2D eigenvalue weighted by Gasteiger charge is 2.40. The van der Waals surface area contributed by atoms with Crippen LogP contribution in [0.25, 0.3) is 0 Å². The maximum absolute atomic E-state index is 13.4. The minimum Gasteiger partial charge on any atom is -0.493 e. The second-order valence-electron chi connectivity index (χ2n) is 8.90. The molecule has 2 aliphatic heterocycles. The number of carbonyl (C=O) groups is 3. The van der Waals surface area contributed by atoms with Gasteiger partial charge in [0, 0.05) is 56.6 Å². The number of nitrogens with zero attached hydrogens (tertiary/aromatic N) is 3. The van der Waals surface area contributed by atoms with Crippen molar-refractivity contribution in [2.45, 2.75) is 39.8 Å². The average Bonchev–Trinajstić information content (AvgIpc) is 2.88. The van der Waals surface area contributed by atoms with Gasteiger partial charge in [0.1, 0.15) is 0 Å². The lowest BCUT2D eigenvalue weighted by molar-refractivity contribution is -0.139. The van der Waals surface area contributed by atoms with Crippen LogP contribution in [0.2, 0.25) is 0 Å². The van der Waals surface area contributed by atoms with Gasteiger partial charge >= 0.3 is 18.0 Å². The fraction of sp³-hybridized carbons (Fsp3) is 0.577. The van der Waals surface area contributed by atoms with Gasteiger partial charge in [-0.25, -0.2) is 14.4 Å². The fourth-order valence-electron chi connectivity index (χ4n) is 4.97. The van der Waals surface area contributed by atoms with Crippen LogP contribution in [0.15, 0.2) is 29.5 Å². The van der Waals surface area contributed by atoms with E-state index in [1.165, 1.54) is 14.2 Å².